The number of anilines is 3. The lowest BCUT2D eigenvalue weighted by Gasteiger charge is -2.11. The van der Waals surface area contributed by atoms with Gasteiger partial charge in [-0.1, -0.05) is 19.1 Å². The van der Waals surface area contributed by atoms with Crippen molar-refractivity contribution in [1.82, 2.24) is 29.8 Å². The molecule has 0 aliphatic heterocycles. The Hall–Kier alpha value is -3.93. The molecule has 1 aliphatic rings. The van der Waals surface area contributed by atoms with Gasteiger partial charge in [-0.15, -0.1) is 5.10 Å². The molecule has 3 N–H and O–H groups in total. The van der Waals surface area contributed by atoms with Crippen LogP contribution in [0.25, 0.3) is 17.0 Å². The Kier molecular flexibility index (Phi) is 4.09. The van der Waals surface area contributed by atoms with Crippen molar-refractivity contribution in [2.45, 2.75) is 32.2 Å². The molecule has 29 heavy (non-hydrogen) atoms. The van der Waals surface area contributed by atoms with Gasteiger partial charge in [-0.3, -0.25) is 5.10 Å². The topological polar surface area (TPSA) is 120 Å². The van der Waals surface area contributed by atoms with Crippen LogP contribution in [0, 0.1) is 11.3 Å². The first-order chi connectivity index (χ1) is 14.2. The molecule has 144 valence electrons. The summed E-state index contributed by atoms with van der Waals surface area (Å²) in [6, 6.07) is 12.4. The zero-order valence-electron chi connectivity index (χ0n) is 15.8. The van der Waals surface area contributed by atoms with Crippen molar-refractivity contribution < 1.29 is 0 Å². The van der Waals surface area contributed by atoms with Gasteiger partial charge in [0.25, 0.3) is 0 Å². The van der Waals surface area contributed by atoms with Gasteiger partial charge in [0.1, 0.15) is 6.07 Å². The Labute approximate surface area is 166 Å². The summed E-state index contributed by atoms with van der Waals surface area (Å²) in [6.07, 6.45) is 4.60. The van der Waals surface area contributed by atoms with Crippen molar-refractivity contribution in [3.05, 3.63) is 48.0 Å². The standard InChI is InChI=1S/C20H19N9/c1-2-17-25-19(27-26-17)12-4-3-5-14(8-12)24-18-9-16(23-13-6-7-13)20-22-11-15(10-21)29(20)28-18/h3-5,8-9,11,13,23H,2,6-7H2,1H3,(H,24,28)(H,25,26,27). The smallest absolute Gasteiger partial charge is 0.178 e. The highest BCUT2D eigenvalue weighted by Gasteiger charge is 2.23. The molecule has 1 fully saturated rings. The third-order valence-corrected chi connectivity index (χ3v) is 4.78. The number of aromatic amines is 1. The van der Waals surface area contributed by atoms with Crippen molar-refractivity contribution in [3.63, 3.8) is 0 Å². The molecule has 5 rings (SSSR count). The van der Waals surface area contributed by atoms with Crippen LogP contribution in [-0.2, 0) is 6.42 Å². The Morgan fingerprint density at radius 3 is 2.97 bits per heavy atom. The number of nitrogens with one attached hydrogen (secondary N) is 3. The molecule has 1 saturated carbocycles. The quantitative estimate of drug-likeness (QED) is 0.466. The second kappa shape index (κ2) is 6.91. The summed E-state index contributed by atoms with van der Waals surface area (Å²) in [5, 5.41) is 27.9. The van der Waals surface area contributed by atoms with Gasteiger partial charge < -0.3 is 10.6 Å². The predicted molar refractivity (Wildman–Crippen MR) is 109 cm³/mol. The molecule has 0 saturated heterocycles. The largest absolute Gasteiger partial charge is 0.379 e. The van der Waals surface area contributed by atoms with E-state index in [-0.39, 0.29) is 0 Å². The van der Waals surface area contributed by atoms with Gasteiger partial charge in [-0.2, -0.15) is 14.9 Å². The number of fused-ring (bicyclic) bond motifs is 1. The van der Waals surface area contributed by atoms with E-state index in [0.29, 0.717) is 23.2 Å². The summed E-state index contributed by atoms with van der Waals surface area (Å²) in [7, 11) is 0. The van der Waals surface area contributed by atoms with Gasteiger partial charge in [0, 0.05) is 29.8 Å². The van der Waals surface area contributed by atoms with Crippen LogP contribution in [-0.4, -0.2) is 35.8 Å². The number of imidazole rings is 1. The molecule has 3 aromatic heterocycles. The van der Waals surface area contributed by atoms with Gasteiger partial charge in [-0.05, 0) is 25.0 Å². The van der Waals surface area contributed by atoms with E-state index in [1.165, 1.54) is 0 Å². The lowest BCUT2D eigenvalue weighted by molar-refractivity contribution is 0.924. The fourth-order valence-electron chi connectivity index (χ4n) is 3.14. The van der Waals surface area contributed by atoms with E-state index in [4.69, 9.17) is 0 Å². The highest BCUT2D eigenvalue weighted by Crippen LogP contribution is 2.29. The van der Waals surface area contributed by atoms with E-state index in [9.17, 15) is 5.26 Å². The second-order valence-electron chi connectivity index (χ2n) is 7.01. The van der Waals surface area contributed by atoms with Crippen molar-refractivity contribution in [2.24, 2.45) is 0 Å². The molecular formula is C20H19N9. The van der Waals surface area contributed by atoms with Crippen LogP contribution in [0.15, 0.2) is 36.5 Å². The lowest BCUT2D eigenvalue weighted by atomic mass is 10.2. The first-order valence-electron chi connectivity index (χ1n) is 9.57. The molecule has 0 unspecified atom stereocenters. The number of hydrogen-bond donors (Lipinski definition) is 3. The van der Waals surface area contributed by atoms with Crippen LogP contribution in [0.2, 0.25) is 0 Å². The molecular weight excluding hydrogens is 366 g/mol. The number of benzene rings is 1. The maximum atomic E-state index is 9.37. The van der Waals surface area contributed by atoms with Gasteiger partial charge in [0.2, 0.25) is 0 Å². The lowest BCUT2D eigenvalue weighted by Crippen LogP contribution is -2.07. The Balaban J connectivity index is 1.49. The van der Waals surface area contributed by atoms with Crippen molar-refractivity contribution >= 4 is 22.8 Å². The number of aromatic nitrogens is 6. The maximum Gasteiger partial charge on any atom is 0.178 e. The number of H-pyrrole nitrogens is 1. The third kappa shape index (κ3) is 3.36. The van der Waals surface area contributed by atoms with Crippen molar-refractivity contribution in [1.29, 1.82) is 5.26 Å². The first kappa shape index (κ1) is 17.2. The van der Waals surface area contributed by atoms with Crippen LogP contribution in [0.3, 0.4) is 0 Å². The minimum atomic E-state index is 0.394. The van der Waals surface area contributed by atoms with Crippen molar-refractivity contribution in [2.75, 3.05) is 10.6 Å². The number of nitriles is 1. The van der Waals surface area contributed by atoms with Crippen LogP contribution in [0.5, 0.6) is 0 Å². The van der Waals surface area contributed by atoms with Gasteiger partial charge in [-0.25, -0.2) is 9.97 Å². The van der Waals surface area contributed by atoms with E-state index < -0.39 is 0 Å². The summed E-state index contributed by atoms with van der Waals surface area (Å²) in [5.74, 6) is 2.14. The van der Waals surface area contributed by atoms with Crippen LogP contribution in [0.4, 0.5) is 17.2 Å². The zero-order chi connectivity index (χ0) is 19.8. The maximum absolute atomic E-state index is 9.37. The molecule has 1 aliphatic carbocycles. The van der Waals surface area contributed by atoms with Gasteiger partial charge in [0.15, 0.2) is 28.8 Å². The second-order valence-corrected chi connectivity index (χ2v) is 7.01. The normalized spacial score (nSPS) is 13.4. The number of nitrogens with zero attached hydrogens (tertiary/aromatic N) is 6. The Bertz CT molecular complexity index is 1230. The number of aryl methyl sites for hydroxylation is 1. The van der Waals surface area contributed by atoms with E-state index in [1.54, 1.807) is 10.7 Å². The molecule has 3 heterocycles. The van der Waals surface area contributed by atoms with E-state index >= 15 is 0 Å². The molecule has 9 heteroatoms. The minimum Gasteiger partial charge on any atom is -0.379 e. The fourth-order valence-corrected chi connectivity index (χ4v) is 3.14. The van der Waals surface area contributed by atoms with E-state index in [2.05, 4.69) is 42.0 Å². The van der Waals surface area contributed by atoms with Gasteiger partial charge in [0.05, 0.1) is 11.9 Å². The molecule has 4 aromatic rings. The summed E-state index contributed by atoms with van der Waals surface area (Å²) in [4.78, 5) is 8.84. The monoisotopic (exact) mass is 385 g/mol. The number of hydrogen-bond acceptors (Lipinski definition) is 7. The fraction of sp³-hybridized carbons (Fsp3) is 0.250. The molecule has 0 spiro atoms. The third-order valence-electron chi connectivity index (χ3n) is 4.78. The summed E-state index contributed by atoms with van der Waals surface area (Å²) < 4.78 is 1.57. The highest BCUT2D eigenvalue weighted by atomic mass is 15.3. The van der Waals surface area contributed by atoms with E-state index in [1.807, 2.05) is 37.3 Å². The average Bonchev–Trinajstić information content (AvgIpc) is 3.26. The molecule has 0 bridgehead atoms. The molecule has 9 nitrogen and oxygen atoms in total. The van der Waals surface area contributed by atoms with Crippen molar-refractivity contribution in [3.8, 4) is 17.5 Å². The Morgan fingerprint density at radius 1 is 1.31 bits per heavy atom. The van der Waals surface area contributed by atoms with E-state index in [0.717, 1.165) is 47.8 Å². The Morgan fingerprint density at radius 2 is 2.21 bits per heavy atom. The minimum absolute atomic E-state index is 0.394. The zero-order valence-corrected chi connectivity index (χ0v) is 15.8. The van der Waals surface area contributed by atoms with Crippen LogP contribution in [0.1, 0.15) is 31.3 Å². The summed E-state index contributed by atoms with van der Waals surface area (Å²) >= 11 is 0. The SMILES string of the molecule is CCc1n[nH]c(-c2cccc(Nc3cc(NC4CC4)c4ncc(C#N)n4n3)c2)n1. The van der Waals surface area contributed by atoms with Crippen LogP contribution >= 0.6 is 0 Å². The molecule has 0 atom stereocenters. The van der Waals surface area contributed by atoms with Gasteiger partial charge >= 0.3 is 0 Å². The summed E-state index contributed by atoms with van der Waals surface area (Å²) in [5.41, 5.74) is 3.71. The average molecular weight is 385 g/mol. The number of rotatable bonds is 6. The van der Waals surface area contributed by atoms with Crippen LogP contribution < -0.4 is 10.6 Å². The molecule has 0 amide bonds. The molecule has 1 aromatic carbocycles. The molecule has 0 radical (unpaired) electrons. The summed E-state index contributed by atoms with van der Waals surface area (Å²) in [6.45, 7) is 2.02. The highest BCUT2D eigenvalue weighted by molar-refractivity contribution is 5.74. The first-order valence-corrected chi connectivity index (χ1v) is 9.57. The predicted octanol–water partition coefficient (Wildman–Crippen LogP) is 3.27.